The molecule has 0 spiro atoms. The van der Waals surface area contributed by atoms with E-state index in [1.807, 2.05) is 17.4 Å². The first-order valence-electron chi connectivity index (χ1n) is 6.58. The lowest BCUT2D eigenvalue weighted by Gasteiger charge is -2.40. The molecule has 0 radical (unpaired) electrons. The van der Waals surface area contributed by atoms with E-state index in [2.05, 4.69) is 41.1 Å². The van der Waals surface area contributed by atoms with Crippen LogP contribution >= 0.6 is 27.3 Å². The number of hydrogen-bond donors (Lipinski definition) is 1. The van der Waals surface area contributed by atoms with Crippen molar-refractivity contribution >= 4 is 27.3 Å². The lowest BCUT2D eigenvalue weighted by atomic mass is 9.67. The maximum absolute atomic E-state index is 6.01. The average Bonchev–Trinajstić information content (AvgIpc) is 2.72. The van der Waals surface area contributed by atoms with Crippen LogP contribution in [0.15, 0.2) is 28.7 Å². The van der Waals surface area contributed by atoms with Gasteiger partial charge in [0.15, 0.2) is 0 Å². The standard InChI is InChI=1S/C15H17BrN2S/c1-10-13(15(9-17)6-3-7-15)19-14(18-10)11-4-2-5-12(16)8-11/h2,4-5,8H,3,6-7,9,17H2,1H3. The van der Waals surface area contributed by atoms with Crippen LogP contribution in [0.5, 0.6) is 0 Å². The van der Waals surface area contributed by atoms with Crippen molar-refractivity contribution in [2.75, 3.05) is 6.54 Å². The highest BCUT2D eigenvalue weighted by Crippen LogP contribution is 2.47. The van der Waals surface area contributed by atoms with Crippen molar-refractivity contribution in [2.45, 2.75) is 31.6 Å². The number of nitrogens with zero attached hydrogens (tertiary/aromatic N) is 1. The summed E-state index contributed by atoms with van der Waals surface area (Å²) in [6.45, 7) is 2.86. The molecule has 2 nitrogen and oxygen atoms in total. The fourth-order valence-corrected chi connectivity index (χ4v) is 4.48. The molecule has 100 valence electrons. The van der Waals surface area contributed by atoms with E-state index in [0.29, 0.717) is 0 Å². The molecule has 0 aliphatic heterocycles. The van der Waals surface area contributed by atoms with Crippen LogP contribution in [-0.4, -0.2) is 11.5 Å². The van der Waals surface area contributed by atoms with Crippen molar-refractivity contribution < 1.29 is 0 Å². The molecule has 1 heterocycles. The van der Waals surface area contributed by atoms with Crippen LogP contribution in [0.3, 0.4) is 0 Å². The number of thiazole rings is 1. The summed E-state index contributed by atoms with van der Waals surface area (Å²) in [5, 5.41) is 1.11. The molecule has 19 heavy (non-hydrogen) atoms. The fraction of sp³-hybridized carbons (Fsp3) is 0.400. The lowest BCUT2D eigenvalue weighted by molar-refractivity contribution is 0.257. The number of rotatable bonds is 3. The van der Waals surface area contributed by atoms with Crippen molar-refractivity contribution in [3.8, 4) is 10.6 Å². The summed E-state index contributed by atoms with van der Waals surface area (Å²) in [5.74, 6) is 0. The molecular formula is C15H17BrN2S. The van der Waals surface area contributed by atoms with E-state index in [0.717, 1.165) is 21.7 Å². The van der Waals surface area contributed by atoms with Crippen LogP contribution in [0.4, 0.5) is 0 Å². The SMILES string of the molecule is Cc1nc(-c2cccc(Br)c2)sc1C1(CN)CCC1. The predicted molar refractivity (Wildman–Crippen MR) is 84.6 cm³/mol. The summed E-state index contributed by atoms with van der Waals surface area (Å²) in [4.78, 5) is 6.16. The predicted octanol–water partition coefficient (Wildman–Crippen LogP) is 4.26. The molecule has 1 aromatic heterocycles. The third-order valence-corrected chi connectivity index (χ3v) is 6.00. The van der Waals surface area contributed by atoms with Gasteiger partial charge in [0, 0.05) is 26.9 Å². The molecule has 1 aliphatic rings. The zero-order chi connectivity index (χ0) is 13.5. The summed E-state index contributed by atoms with van der Waals surface area (Å²) < 4.78 is 1.09. The van der Waals surface area contributed by atoms with E-state index < -0.39 is 0 Å². The Morgan fingerprint density at radius 2 is 2.21 bits per heavy atom. The smallest absolute Gasteiger partial charge is 0.123 e. The number of hydrogen-bond acceptors (Lipinski definition) is 3. The van der Waals surface area contributed by atoms with Gasteiger partial charge in [-0.3, -0.25) is 0 Å². The second kappa shape index (κ2) is 5.00. The first kappa shape index (κ1) is 13.3. The Kier molecular flexibility index (Phi) is 3.50. The first-order chi connectivity index (χ1) is 9.14. The van der Waals surface area contributed by atoms with Gasteiger partial charge in [0.25, 0.3) is 0 Å². The van der Waals surface area contributed by atoms with Crippen LogP contribution < -0.4 is 5.73 Å². The average molecular weight is 337 g/mol. The van der Waals surface area contributed by atoms with Crippen LogP contribution in [0, 0.1) is 6.92 Å². The monoisotopic (exact) mass is 336 g/mol. The summed E-state index contributed by atoms with van der Waals surface area (Å²) in [6.07, 6.45) is 3.72. The van der Waals surface area contributed by atoms with Gasteiger partial charge in [0.2, 0.25) is 0 Å². The minimum absolute atomic E-state index is 0.214. The second-order valence-corrected chi connectivity index (χ2v) is 7.20. The van der Waals surface area contributed by atoms with Crippen molar-refractivity contribution in [1.29, 1.82) is 0 Å². The van der Waals surface area contributed by atoms with Gasteiger partial charge in [-0.2, -0.15) is 0 Å². The highest BCUT2D eigenvalue weighted by molar-refractivity contribution is 9.10. The molecule has 0 bridgehead atoms. The van der Waals surface area contributed by atoms with Crippen molar-refractivity contribution in [3.63, 3.8) is 0 Å². The zero-order valence-electron chi connectivity index (χ0n) is 10.9. The van der Waals surface area contributed by atoms with E-state index >= 15 is 0 Å². The Bertz CT molecular complexity index is 596. The molecular weight excluding hydrogens is 320 g/mol. The molecule has 2 N–H and O–H groups in total. The van der Waals surface area contributed by atoms with Gasteiger partial charge in [-0.15, -0.1) is 11.3 Å². The maximum atomic E-state index is 6.01. The molecule has 3 rings (SSSR count). The van der Waals surface area contributed by atoms with E-state index in [1.54, 1.807) is 0 Å². The molecule has 0 amide bonds. The van der Waals surface area contributed by atoms with E-state index in [9.17, 15) is 0 Å². The molecule has 0 unspecified atom stereocenters. The van der Waals surface area contributed by atoms with Crippen LogP contribution in [0.1, 0.15) is 29.8 Å². The Morgan fingerprint density at radius 3 is 2.79 bits per heavy atom. The van der Waals surface area contributed by atoms with E-state index in [1.165, 1.54) is 29.7 Å². The van der Waals surface area contributed by atoms with Gasteiger partial charge in [0.1, 0.15) is 5.01 Å². The Hall–Kier alpha value is -0.710. The molecule has 0 atom stereocenters. The number of halogens is 1. The Labute approximate surface area is 126 Å². The molecule has 1 fully saturated rings. The fourth-order valence-electron chi connectivity index (χ4n) is 2.76. The molecule has 1 aromatic carbocycles. The molecule has 0 saturated heterocycles. The normalized spacial score (nSPS) is 17.2. The van der Waals surface area contributed by atoms with Crippen LogP contribution in [-0.2, 0) is 5.41 Å². The highest BCUT2D eigenvalue weighted by atomic mass is 79.9. The van der Waals surface area contributed by atoms with E-state index in [-0.39, 0.29) is 5.41 Å². The molecule has 4 heteroatoms. The summed E-state index contributed by atoms with van der Waals surface area (Å²) in [6, 6.07) is 8.33. The van der Waals surface area contributed by atoms with Gasteiger partial charge in [-0.05, 0) is 31.9 Å². The van der Waals surface area contributed by atoms with E-state index in [4.69, 9.17) is 10.7 Å². The van der Waals surface area contributed by atoms with Gasteiger partial charge in [-0.1, -0.05) is 34.5 Å². The van der Waals surface area contributed by atoms with Gasteiger partial charge in [0.05, 0.1) is 5.69 Å². The zero-order valence-corrected chi connectivity index (χ0v) is 13.4. The Morgan fingerprint density at radius 1 is 1.42 bits per heavy atom. The van der Waals surface area contributed by atoms with Crippen molar-refractivity contribution in [2.24, 2.45) is 5.73 Å². The number of nitrogens with two attached hydrogens (primary N) is 1. The van der Waals surface area contributed by atoms with Crippen LogP contribution in [0.2, 0.25) is 0 Å². The van der Waals surface area contributed by atoms with Gasteiger partial charge in [-0.25, -0.2) is 4.98 Å². The minimum atomic E-state index is 0.214. The van der Waals surface area contributed by atoms with Gasteiger partial charge < -0.3 is 5.73 Å². The largest absolute Gasteiger partial charge is 0.330 e. The summed E-state index contributed by atoms with van der Waals surface area (Å²) in [7, 11) is 0. The van der Waals surface area contributed by atoms with Crippen LogP contribution in [0.25, 0.3) is 10.6 Å². The second-order valence-electron chi connectivity index (χ2n) is 5.28. The van der Waals surface area contributed by atoms with Gasteiger partial charge >= 0.3 is 0 Å². The molecule has 1 saturated carbocycles. The third-order valence-electron chi connectivity index (χ3n) is 4.05. The molecule has 1 aliphatic carbocycles. The number of aryl methyl sites for hydroxylation is 1. The van der Waals surface area contributed by atoms with Crippen molar-refractivity contribution in [1.82, 2.24) is 4.98 Å². The van der Waals surface area contributed by atoms with Crippen molar-refractivity contribution in [3.05, 3.63) is 39.3 Å². The first-order valence-corrected chi connectivity index (χ1v) is 8.19. The number of benzene rings is 1. The summed E-state index contributed by atoms with van der Waals surface area (Å²) in [5.41, 5.74) is 8.57. The topological polar surface area (TPSA) is 38.9 Å². The minimum Gasteiger partial charge on any atom is -0.330 e. The molecule has 2 aromatic rings. The quantitative estimate of drug-likeness (QED) is 0.909. The lowest BCUT2D eigenvalue weighted by Crippen LogP contribution is -2.41. The number of aromatic nitrogens is 1. The maximum Gasteiger partial charge on any atom is 0.123 e. The summed E-state index contributed by atoms with van der Waals surface area (Å²) >= 11 is 5.34. The highest BCUT2D eigenvalue weighted by Gasteiger charge is 2.40. The third kappa shape index (κ3) is 2.26. The Balaban J connectivity index is 2.02.